The molecule has 1 aliphatic heterocycles. The summed E-state index contributed by atoms with van der Waals surface area (Å²) in [5, 5.41) is 9.22. The van der Waals surface area contributed by atoms with Crippen LogP contribution in [-0.2, 0) is 5.41 Å². The van der Waals surface area contributed by atoms with Gasteiger partial charge in [-0.2, -0.15) is 0 Å². The monoisotopic (exact) mass is 314 g/mol. The van der Waals surface area contributed by atoms with E-state index in [2.05, 4.69) is 6.07 Å². The summed E-state index contributed by atoms with van der Waals surface area (Å²) in [5.41, 5.74) is 0.837. The molecule has 1 aliphatic carbocycles. The number of nitrogens with zero attached hydrogens (tertiary/aromatic N) is 1. The van der Waals surface area contributed by atoms with Crippen molar-refractivity contribution in [2.45, 2.75) is 24.7 Å². The SMILES string of the molecule is N#CC1(c2ccc3c(c2)O[I-]O3)CCC1. The first-order valence-electron chi connectivity index (χ1n) is 4.89. The van der Waals surface area contributed by atoms with E-state index in [9.17, 15) is 5.26 Å². The Morgan fingerprint density at radius 2 is 2.07 bits per heavy atom. The third-order valence-electron chi connectivity index (χ3n) is 3.15. The van der Waals surface area contributed by atoms with Crippen LogP contribution < -0.4 is 28.2 Å². The molecule has 0 amide bonds. The van der Waals surface area contributed by atoms with Crippen LogP contribution in [0.5, 0.6) is 11.5 Å². The first-order valence-corrected chi connectivity index (χ1v) is 6.65. The van der Waals surface area contributed by atoms with Crippen LogP contribution in [0.1, 0.15) is 24.8 Å². The second kappa shape index (κ2) is 3.27. The Kier molecular flexibility index (Phi) is 2.02. The Hall–Kier alpha value is -0.960. The Bertz CT molecular complexity index is 448. The molecular formula is C11H9INO2-. The molecule has 0 N–H and O–H groups in total. The van der Waals surface area contributed by atoms with E-state index < -0.39 is 22.0 Å². The second-order valence-corrected chi connectivity index (χ2v) is 5.17. The summed E-state index contributed by atoms with van der Waals surface area (Å²) in [7, 11) is 0. The van der Waals surface area contributed by atoms with E-state index in [1.807, 2.05) is 18.2 Å². The zero-order valence-electron chi connectivity index (χ0n) is 8.00. The van der Waals surface area contributed by atoms with Gasteiger partial charge in [0, 0.05) is 0 Å². The van der Waals surface area contributed by atoms with Crippen LogP contribution in [0, 0.1) is 11.3 Å². The van der Waals surface area contributed by atoms with Crippen LogP contribution in [0.4, 0.5) is 0 Å². The Morgan fingerprint density at radius 1 is 1.27 bits per heavy atom. The van der Waals surface area contributed by atoms with E-state index in [-0.39, 0.29) is 5.41 Å². The molecule has 1 aromatic carbocycles. The van der Waals surface area contributed by atoms with Crippen molar-refractivity contribution < 1.29 is 28.2 Å². The van der Waals surface area contributed by atoms with Gasteiger partial charge in [-0.3, -0.25) is 0 Å². The molecule has 0 saturated heterocycles. The van der Waals surface area contributed by atoms with Crippen LogP contribution in [0.25, 0.3) is 0 Å². The van der Waals surface area contributed by atoms with Crippen molar-refractivity contribution in [3.8, 4) is 17.6 Å². The molecule has 0 unspecified atom stereocenters. The summed E-state index contributed by atoms with van der Waals surface area (Å²) in [6.45, 7) is 0. The van der Waals surface area contributed by atoms with E-state index in [1.165, 1.54) is 0 Å². The van der Waals surface area contributed by atoms with Crippen LogP contribution in [0.15, 0.2) is 18.2 Å². The van der Waals surface area contributed by atoms with E-state index in [4.69, 9.17) is 6.13 Å². The minimum absolute atomic E-state index is 0.251. The number of nitriles is 1. The maximum absolute atomic E-state index is 9.22. The number of hydrogen-bond acceptors (Lipinski definition) is 3. The zero-order valence-corrected chi connectivity index (χ0v) is 10.2. The number of fused-ring (bicyclic) bond motifs is 1. The number of hydrogen-bond donors (Lipinski definition) is 0. The molecule has 0 radical (unpaired) electrons. The topological polar surface area (TPSA) is 42.2 Å². The third-order valence-corrected chi connectivity index (χ3v) is 4.46. The minimum atomic E-state index is -0.611. The summed E-state index contributed by atoms with van der Waals surface area (Å²) < 4.78 is 10.8. The molecule has 0 spiro atoms. The van der Waals surface area contributed by atoms with Gasteiger partial charge in [0.15, 0.2) is 0 Å². The Labute approximate surface area is 99.4 Å². The predicted molar refractivity (Wildman–Crippen MR) is 48.8 cm³/mol. The first kappa shape index (κ1) is 9.28. The molecular weight excluding hydrogens is 305 g/mol. The van der Waals surface area contributed by atoms with Crippen molar-refractivity contribution in [2.24, 2.45) is 0 Å². The van der Waals surface area contributed by atoms with Gasteiger partial charge in [-0.15, -0.1) is 0 Å². The molecule has 1 aromatic rings. The van der Waals surface area contributed by atoms with Gasteiger partial charge in [0.05, 0.1) is 0 Å². The summed E-state index contributed by atoms with van der Waals surface area (Å²) >= 11 is -0.611. The van der Waals surface area contributed by atoms with Gasteiger partial charge in [0.25, 0.3) is 0 Å². The van der Waals surface area contributed by atoms with Crippen molar-refractivity contribution in [2.75, 3.05) is 0 Å². The molecule has 15 heavy (non-hydrogen) atoms. The second-order valence-electron chi connectivity index (χ2n) is 3.93. The van der Waals surface area contributed by atoms with Crippen molar-refractivity contribution in [3.05, 3.63) is 23.8 Å². The van der Waals surface area contributed by atoms with Crippen LogP contribution in [0.2, 0.25) is 0 Å². The van der Waals surface area contributed by atoms with Crippen molar-refractivity contribution in [1.29, 1.82) is 5.26 Å². The Morgan fingerprint density at radius 3 is 2.73 bits per heavy atom. The molecule has 3 nitrogen and oxygen atoms in total. The fourth-order valence-electron chi connectivity index (χ4n) is 2.01. The van der Waals surface area contributed by atoms with E-state index in [1.54, 1.807) is 0 Å². The molecule has 3 rings (SSSR count). The van der Waals surface area contributed by atoms with Gasteiger partial charge in [0.1, 0.15) is 0 Å². The molecule has 2 aliphatic rings. The van der Waals surface area contributed by atoms with Gasteiger partial charge in [-0.25, -0.2) is 0 Å². The van der Waals surface area contributed by atoms with Crippen LogP contribution in [0.3, 0.4) is 0 Å². The number of benzene rings is 1. The van der Waals surface area contributed by atoms with Crippen molar-refractivity contribution >= 4 is 0 Å². The summed E-state index contributed by atoms with van der Waals surface area (Å²) in [6, 6.07) is 8.34. The standard InChI is InChI=1S/C11H9INO2/c13-7-11(4-1-5-11)8-2-3-9-10(6-8)15-12-14-9/h2-3,6H,1,4-5H2/q-1. The molecule has 0 aromatic heterocycles. The van der Waals surface area contributed by atoms with Gasteiger partial charge < -0.3 is 0 Å². The van der Waals surface area contributed by atoms with Crippen LogP contribution >= 0.6 is 0 Å². The quantitative estimate of drug-likeness (QED) is 0.645. The summed E-state index contributed by atoms with van der Waals surface area (Å²) in [6.07, 6.45) is 3.09. The molecule has 0 bridgehead atoms. The van der Waals surface area contributed by atoms with E-state index in [0.29, 0.717) is 0 Å². The summed E-state index contributed by atoms with van der Waals surface area (Å²) in [4.78, 5) is 0. The average Bonchev–Trinajstić information content (AvgIpc) is 2.64. The average molecular weight is 314 g/mol. The fourth-order valence-corrected chi connectivity index (χ4v) is 3.19. The number of rotatable bonds is 1. The Balaban J connectivity index is 2.03. The molecule has 78 valence electrons. The molecule has 1 fully saturated rings. The van der Waals surface area contributed by atoms with Gasteiger partial charge in [-0.1, -0.05) is 0 Å². The normalized spacial score (nSPS) is 21.0. The zero-order chi connectivity index (χ0) is 10.3. The fraction of sp³-hybridized carbons (Fsp3) is 0.364. The van der Waals surface area contributed by atoms with Gasteiger partial charge in [-0.05, 0) is 0 Å². The maximum atomic E-state index is 9.22. The van der Waals surface area contributed by atoms with Crippen molar-refractivity contribution in [3.63, 3.8) is 0 Å². The van der Waals surface area contributed by atoms with Crippen molar-refractivity contribution in [1.82, 2.24) is 0 Å². The third kappa shape index (κ3) is 1.29. The first-order chi connectivity index (χ1) is 7.34. The van der Waals surface area contributed by atoms with Crippen LogP contribution in [-0.4, -0.2) is 0 Å². The molecule has 1 heterocycles. The summed E-state index contributed by atoms with van der Waals surface area (Å²) in [5.74, 6) is 1.65. The molecule has 4 heteroatoms. The van der Waals surface area contributed by atoms with Gasteiger partial charge >= 0.3 is 99.4 Å². The van der Waals surface area contributed by atoms with E-state index >= 15 is 0 Å². The van der Waals surface area contributed by atoms with E-state index in [0.717, 1.165) is 36.3 Å². The molecule has 0 atom stereocenters. The predicted octanol–water partition coefficient (Wildman–Crippen LogP) is -0.678. The van der Waals surface area contributed by atoms with Gasteiger partial charge in [0.2, 0.25) is 0 Å². The number of halogens is 1. The molecule has 1 saturated carbocycles.